The molecule has 0 unspecified atom stereocenters. The number of aromatic nitrogens is 1. The van der Waals surface area contributed by atoms with E-state index in [-0.39, 0.29) is 17.1 Å². The van der Waals surface area contributed by atoms with Crippen LogP contribution in [0.15, 0.2) is 60.8 Å². The summed E-state index contributed by atoms with van der Waals surface area (Å²) in [7, 11) is 0. The van der Waals surface area contributed by atoms with E-state index in [2.05, 4.69) is 15.6 Å². The van der Waals surface area contributed by atoms with Gasteiger partial charge in [-0.2, -0.15) is 13.2 Å². The van der Waals surface area contributed by atoms with Gasteiger partial charge in [-0.25, -0.2) is 13.8 Å². The number of carbonyl (C=O) groups excluding carboxylic acids is 1. The molecule has 3 aromatic rings. The number of carbonyl (C=O) groups is 1. The maximum absolute atomic E-state index is 13.7. The van der Waals surface area contributed by atoms with Crippen LogP contribution in [0.25, 0.3) is 0 Å². The summed E-state index contributed by atoms with van der Waals surface area (Å²) in [5, 5.41) is 4.78. The summed E-state index contributed by atoms with van der Waals surface area (Å²) in [4.78, 5) is 16.2. The molecule has 1 amide bonds. The highest BCUT2D eigenvalue weighted by molar-refractivity contribution is 6.04. The molecule has 0 atom stereocenters. The van der Waals surface area contributed by atoms with E-state index in [1.165, 1.54) is 36.5 Å². The quantitative estimate of drug-likeness (QED) is 0.586. The Morgan fingerprint density at radius 3 is 2.29 bits per heavy atom. The first-order valence-corrected chi connectivity index (χ1v) is 7.90. The van der Waals surface area contributed by atoms with Crippen molar-refractivity contribution in [3.05, 3.63) is 83.6 Å². The predicted octanol–water partition coefficient (Wildman–Crippen LogP) is 5.37. The van der Waals surface area contributed by atoms with Crippen molar-refractivity contribution in [3.63, 3.8) is 0 Å². The second-order valence-corrected chi connectivity index (χ2v) is 5.68. The minimum absolute atomic E-state index is 0.0132. The van der Waals surface area contributed by atoms with Crippen molar-refractivity contribution in [3.8, 4) is 0 Å². The van der Waals surface area contributed by atoms with E-state index < -0.39 is 35.0 Å². The zero-order valence-electron chi connectivity index (χ0n) is 14.0. The van der Waals surface area contributed by atoms with Crippen LogP contribution in [0.3, 0.4) is 0 Å². The van der Waals surface area contributed by atoms with E-state index in [1.807, 2.05) is 0 Å². The van der Waals surface area contributed by atoms with Gasteiger partial charge in [-0.3, -0.25) is 4.79 Å². The fourth-order valence-corrected chi connectivity index (χ4v) is 2.36. The lowest BCUT2D eigenvalue weighted by atomic mass is 10.2. The van der Waals surface area contributed by atoms with Gasteiger partial charge in [0.15, 0.2) is 0 Å². The Labute approximate surface area is 156 Å². The summed E-state index contributed by atoms with van der Waals surface area (Å²) in [6.07, 6.45) is -3.32. The number of halogens is 5. The highest BCUT2D eigenvalue weighted by Crippen LogP contribution is 2.30. The van der Waals surface area contributed by atoms with Gasteiger partial charge >= 0.3 is 6.18 Å². The third-order valence-corrected chi connectivity index (χ3v) is 3.69. The molecule has 144 valence electrons. The molecule has 0 saturated heterocycles. The van der Waals surface area contributed by atoms with Crippen LogP contribution >= 0.6 is 0 Å². The van der Waals surface area contributed by atoms with E-state index in [1.54, 1.807) is 0 Å². The second kappa shape index (κ2) is 7.63. The van der Waals surface area contributed by atoms with Gasteiger partial charge in [-0.05, 0) is 42.5 Å². The predicted molar refractivity (Wildman–Crippen MR) is 93.3 cm³/mol. The first-order valence-electron chi connectivity index (χ1n) is 7.90. The van der Waals surface area contributed by atoms with Crippen molar-refractivity contribution in [2.24, 2.45) is 0 Å². The average molecular weight is 393 g/mol. The maximum atomic E-state index is 13.7. The van der Waals surface area contributed by atoms with Gasteiger partial charge in [0.2, 0.25) is 0 Å². The van der Waals surface area contributed by atoms with Crippen molar-refractivity contribution in [1.82, 2.24) is 4.98 Å². The summed E-state index contributed by atoms with van der Waals surface area (Å²) in [6, 6.07) is 9.98. The second-order valence-electron chi connectivity index (χ2n) is 5.68. The number of amides is 1. The van der Waals surface area contributed by atoms with Gasteiger partial charge < -0.3 is 10.6 Å². The largest absolute Gasteiger partial charge is 0.416 e. The lowest BCUT2D eigenvalue weighted by Crippen LogP contribution is -2.13. The summed E-state index contributed by atoms with van der Waals surface area (Å²) in [5.74, 6) is -2.42. The summed E-state index contributed by atoms with van der Waals surface area (Å²) < 4.78 is 65.7. The Hall–Kier alpha value is -3.49. The SMILES string of the molecule is O=C(Nc1cccc(C(F)(F)F)c1)c1ccnc(Nc2c(F)cccc2F)c1. The lowest BCUT2D eigenvalue weighted by molar-refractivity contribution is -0.137. The number of para-hydroxylation sites is 1. The van der Waals surface area contributed by atoms with Gasteiger partial charge in [-0.15, -0.1) is 0 Å². The molecule has 0 bridgehead atoms. The van der Waals surface area contributed by atoms with Crippen molar-refractivity contribution in [2.45, 2.75) is 6.18 Å². The van der Waals surface area contributed by atoms with Crippen molar-refractivity contribution >= 4 is 23.1 Å². The number of nitrogens with one attached hydrogen (secondary N) is 2. The minimum atomic E-state index is -4.54. The van der Waals surface area contributed by atoms with E-state index in [0.717, 1.165) is 24.3 Å². The molecule has 0 aliphatic carbocycles. The normalized spacial score (nSPS) is 11.2. The molecule has 0 saturated carbocycles. The zero-order chi connectivity index (χ0) is 20.3. The summed E-state index contributed by atoms with van der Waals surface area (Å²) >= 11 is 0. The summed E-state index contributed by atoms with van der Waals surface area (Å²) in [6.45, 7) is 0. The molecule has 0 radical (unpaired) electrons. The molecule has 1 aromatic heterocycles. The van der Waals surface area contributed by atoms with E-state index in [9.17, 15) is 26.7 Å². The number of hydrogen-bond donors (Lipinski definition) is 2. The van der Waals surface area contributed by atoms with Crippen LogP contribution < -0.4 is 10.6 Å². The number of anilines is 3. The number of pyridine rings is 1. The van der Waals surface area contributed by atoms with Crippen LogP contribution in [0.5, 0.6) is 0 Å². The third kappa shape index (κ3) is 4.43. The molecule has 0 aliphatic heterocycles. The molecule has 9 heteroatoms. The first kappa shape index (κ1) is 19.3. The molecule has 3 rings (SSSR count). The molecular formula is C19H12F5N3O. The molecular weight excluding hydrogens is 381 g/mol. The molecule has 28 heavy (non-hydrogen) atoms. The minimum Gasteiger partial charge on any atom is -0.335 e. The highest BCUT2D eigenvalue weighted by atomic mass is 19.4. The van der Waals surface area contributed by atoms with E-state index in [0.29, 0.717) is 0 Å². The zero-order valence-corrected chi connectivity index (χ0v) is 14.0. The lowest BCUT2D eigenvalue weighted by Gasteiger charge is -2.11. The van der Waals surface area contributed by atoms with E-state index in [4.69, 9.17) is 0 Å². The molecule has 2 aromatic carbocycles. The Morgan fingerprint density at radius 2 is 1.61 bits per heavy atom. The first-order chi connectivity index (χ1) is 13.2. The van der Waals surface area contributed by atoms with Crippen LogP contribution in [0.4, 0.5) is 39.1 Å². The highest BCUT2D eigenvalue weighted by Gasteiger charge is 2.30. The third-order valence-electron chi connectivity index (χ3n) is 3.69. The fourth-order valence-electron chi connectivity index (χ4n) is 2.36. The smallest absolute Gasteiger partial charge is 0.335 e. The Morgan fingerprint density at radius 1 is 0.929 bits per heavy atom. The van der Waals surface area contributed by atoms with Crippen molar-refractivity contribution in [2.75, 3.05) is 10.6 Å². The maximum Gasteiger partial charge on any atom is 0.416 e. The van der Waals surface area contributed by atoms with Crippen LogP contribution in [0, 0.1) is 11.6 Å². The molecule has 0 aliphatic rings. The Bertz CT molecular complexity index is 1000. The van der Waals surface area contributed by atoms with Gasteiger partial charge in [0.1, 0.15) is 23.1 Å². The summed E-state index contributed by atoms with van der Waals surface area (Å²) in [5.41, 5.74) is -1.36. The molecule has 0 spiro atoms. The Kier molecular flexibility index (Phi) is 5.25. The van der Waals surface area contributed by atoms with Crippen molar-refractivity contribution in [1.29, 1.82) is 0 Å². The molecule has 4 nitrogen and oxygen atoms in total. The van der Waals surface area contributed by atoms with Crippen LogP contribution in [0.1, 0.15) is 15.9 Å². The molecule has 2 N–H and O–H groups in total. The number of hydrogen-bond acceptors (Lipinski definition) is 3. The van der Waals surface area contributed by atoms with Gasteiger partial charge in [0.25, 0.3) is 5.91 Å². The van der Waals surface area contributed by atoms with Crippen LogP contribution in [-0.4, -0.2) is 10.9 Å². The standard InChI is InChI=1S/C19H12F5N3O/c20-14-5-2-6-15(21)17(14)27-16-9-11(7-8-25-16)18(28)26-13-4-1-3-12(10-13)19(22,23)24/h1-10H,(H,25,27)(H,26,28). The van der Waals surface area contributed by atoms with Gasteiger partial charge in [0, 0.05) is 17.4 Å². The van der Waals surface area contributed by atoms with Crippen LogP contribution in [0.2, 0.25) is 0 Å². The monoisotopic (exact) mass is 393 g/mol. The number of benzene rings is 2. The van der Waals surface area contributed by atoms with E-state index >= 15 is 0 Å². The number of rotatable bonds is 4. The average Bonchev–Trinajstić information content (AvgIpc) is 2.65. The molecule has 1 heterocycles. The van der Waals surface area contributed by atoms with Crippen LogP contribution in [-0.2, 0) is 6.18 Å². The molecule has 0 fully saturated rings. The number of nitrogens with zero attached hydrogens (tertiary/aromatic N) is 1. The topological polar surface area (TPSA) is 54.0 Å². The van der Waals surface area contributed by atoms with Crippen molar-refractivity contribution < 1.29 is 26.7 Å². The fraction of sp³-hybridized carbons (Fsp3) is 0.0526. The number of alkyl halides is 3. The van der Waals surface area contributed by atoms with Gasteiger partial charge in [-0.1, -0.05) is 12.1 Å². The van der Waals surface area contributed by atoms with Gasteiger partial charge in [0.05, 0.1) is 5.56 Å². The Balaban J connectivity index is 1.80.